The highest BCUT2D eigenvalue weighted by atomic mass is 15.2. The van der Waals surface area contributed by atoms with Crippen molar-refractivity contribution in [1.82, 2.24) is 0 Å². The molecule has 0 fully saturated rings. The first-order chi connectivity index (χ1) is 10.8. The first kappa shape index (κ1) is 13.2. The molecule has 3 aromatic carbocycles. The lowest BCUT2D eigenvalue weighted by molar-refractivity contribution is 0.505. The number of hydrogen-bond donors (Lipinski definition) is 2. The molecular weight excluding hydrogens is 268 g/mol. The Bertz CT molecular complexity index is 768. The van der Waals surface area contributed by atoms with E-state index in [2.05, 4.69) is 84.3 Å². The molecule has 0 amide bonds. The van der Waals surface area contributed by atoms with Gasteiger partial charge in [-0.15, -0.1) is 0 Å². The van der Waals surface area contributed by atoms with Crippen LogP contribution < -0.4 is 10.6 Å². The second-order valence-corrected chi connectivity index (χ2v) is 6.06. The van der Waals surface area contributed by atoms with E-state index in [1.165, 1.54) is 27.7 Å². The van der Waals surface area contributed by atoms with E-state index in [9.17, 15) is 0 Å². The Balaban J connectivity index is 1.78. The summed E-state index contributed by atoms with van der Waals surface area (Å²) in [5.41, 5.74) is 3.66. The van der Waals surface area contributed by atoms with Gasteiger partial charge in [0, 0.05) is 23.2 Å². The van der Waals surface area contributed by atoms with E-state index in [-0.39, 0.29) is 5.66 Å². The molecule has 1 heterocycles. The predicted molar refractivity (Wildman–Crippen MR) is 94.4 cm³/mol. The third-order valence-electron chi connectivity index (χ3n) is 4.60. The van der Waals surface area contributed by atoms with Crippen molar-refractivity contribution in [1.29, 1.82) is 0 Å². The van der Waals surface area contributed by atoms with Gasteiger partial charge in [0.25, 0.3) is 0 Å². The molecule has 22 heavy (non-hydrogen) atoms. The molecule has 0 saturated carbocycles. The van der Waals surface area contributed by atoms with Crippen LogP contribution in [0.1, 0.15) is 18.9 Å². The molecule has 2 heteroatoms. The van der Waals surface area contributed by atoms with Crippen LogP contribution in [0.3, 0.4) is 0 Å². The van der Waals surface area contributed by atoms with Crippen LogP contribution in [-0.2, 0) is 6.42 Å². The molecule has 2 N–H and O–H groups in total. The topological polar surface area (TPSA) is 24.1 Å². The fraction of sp³-hybridized carbons (Fsp3) is 0.200. The number of rotatable bonds is 3. The maximum atomic E-state index is 3.76. The van der Waals surface area contributed by atoms with Gasteiger partial charge >= 0.3 is 0 Å². The van der Waals surface area contributed by atoms with Crippen molar-refractivity contribution in [3.05, 3.63) is 72.3 Å². The van der Waals surface area contributed by atoms with Crippen molar-refractivity contribution in [3.63, 3.8) is 0 Å². The summed E-state index contributed by atoms with van der Waals surface area (Å²) < 4.78 is 0. The first-order valence-corrected chi connectivity index (χ1v) is 7.92. The first-order valence-electron chi connectivity index (χ1n) is 7.92. The zero-order valence-electron chi connectivity index (χ0n) is 12.8. The molecule has 3 aromatic rings. The normalized spacial score (nSPS) is 15.1. The predicted octanol–water partition coefficient (Wildman–Crippen LogP) is 5.03. The molecule has 0 aliphatic carbocycles. The number of anilines is 2. The van der Waals surface area contributed by atoms with Gasteiger partial charge in [0.05, 0.1) is 0 Å². The van der Waals surface area contributed by atoms with E-state index < -0.39 is 0 Å². The Labute approximate surface area is 131 Å². The van der Waals surface area contributed by atoms with Gasteiger partial charge in [-0.25, -0.2) is 0 Å². The van der Waals surface area contributed by atoms with Crippen molar-refractivity contribution >= 4 is 22.1 Å². The summed E-state index contributed by atoms with van der Waals surface area (Å²) in [4.78, 5) is 0. The van der Waals surface area contributed by atoms with E-state index >= 15 is 0 Å². The molecule has 1 aliphatic rings. The molecule has 0 atom stereocenters. The van der Waals surface area contributed by atoms with E-state index in [0.29, 0.717) is 0 Å². The van der Waals surface area contributed by atoms with Crippen LogP contribution in [0.4, 0.5) is 11.4 Å². The maximum Gasteiger partial charge on any atom is 0.112 e. The van der Waals surface area contributed by atoms with Gasteiger partial charge < -0.3 is 10.6 Å². The monoisotopic (exact) mass is 288 g/mol. The lowest BCUT2D eigenvalue weighted by Gasteiger charge is -2.41. The summed E-state index contributed by atoms with van der Waals surface area (Å²) in [6.45, 7) is 2.23. The Morgan fingerprint density at radius 2 is 1.41 bits per heavy atom. The highest BCUT2D eigenvalue weighted by Crippen LogP contribution is 2.39. The van der Waals surface area contributed by atoms with Crippen LogP contribution in [0.5, 0.6) is 0 Å². The molecule has 0 saturated heterocycles. The second kappa shape index (κ2) is 5.06. The molecular formula is C20H20N2. The van der Waals surface area contributed by atoms with Crippen molar-refractivity contribution in [2.45, 2.75) is 25.4 Å². The Morgan fingerprint density at radius 1 is 0.773 bits per heavy atom. The third kappa shape index (κ3) is 2.12. The highest BCUT2D eigenvalue weighted by molar-refractivity contribution is 6.05. The van der Waals surface area contributed by atoms with Crippen LogP contribution in [0.15, 0.2) is 66.7 Å². The zero-order chi connectivity index (χ0) is 15.0. The molecule has 1 aliphatic heterocycles. The van der Waals surface area contributed by atoms with Gasteiger partial charge in [-0.2, -0.15) is 0 Å². The van der Waals surface area contributed by atoms with Crippen LogP contribution in [0.2, 0.25) is 0 Å². The van der Waals surface area contributed by atoms with Gasteiger partial charge in [-0.3, -0.25) is 0 Å². The lowest BCUT2D eigenvalue weighted by atomic mass is 9.92. The minimum Gasteiger partial charge on any atom is -0.362 e. The summed E-state index contributed by atoms with van der Waals surface area (Å²) in [5.74, 6) is 0. The fourth-order valence-corrected chi connectivity index (χ4v) is 3.43. The van der Waals surface area contributed by atoms with Crippen LogP contribution in [-0.4, -0.2) is 5.66 Å². The molecule has 4 rings (SSSR count). The second-order valence-electron chi connectivity index (χ2n) is 6.06. The minimum atomic E-state index is -0.135. The van der Waals surface area contributed by atoms with Crippen LogP contribution in [0.25, 0.3) is 10.8 Å². The van der Waals surface area contributed by atoms with Gasteiger partial charge in [0.2, 0.25) is 0 Å². The average molecular weight is 288 g/mol. The zero-order valence-corrected chi connectivity index (χ0v) is 12.8. The molecule has 0 unspecified atom stereocenters. The smallest absolute Gasteiger partial charge is 0.112 e. The van der Waals surface area contributed by atoms with Gasteiger partial charge in [-0.05, 0) is 29.5 Å². The van der Waals surface area contributed by atoms with Gasteiger partial charge in [0.15, 0.2) is 0 Å². The Hall–Kier alpha value is -2.48. The summed E-state index contributed by atoms with van der Waals surface area (Å²) in [6.07, 6.45) is 1.96. The van der Waals surface area contributed by atoms with Gasteiger partial charge in [-0.1, -0.05) is 61.5 Å². The minimum absolute atomic E-state index is 0.135. The summed E-state index contributed by atoms with van der Waals surface area (Å²) in [7, 11) is 0. The maximum absolute atomic E-state index is 3.76. The molecule has 2 nitrogen and oxygen atoms in total. The average Bonchev–Trinajstić information content (AvgIpc) is 2.56. The number of hydrogen-bond acceptors (Lipinski definition) is 2. The van der Waals surface area contributed by atoms with Crippen LogP contribution >= 0.6 is 0 Å². The molecule has 0 aromatic heterocycles. The van der Waals surface area contributed by atoms with E-state index in [1.807, 2.05) is 0 Å². The lowest BCUT2D eigenvalue weighted by Crippen LogP contribution is -2.49. The van der Waals surface area contributed by atoms with Crippen molar-refractivity contribution in [2.75, 3.05) is 10.6 Å². The Kier molecular flexibility index (Phi) is 3.04. The van der Waals surface area contributed by atoms with Crippen LogP contribution in [0, 0.1) is 0 Å². The molecule has 0 spiro atoms. The fourth-order valence-electron chi connectivity index (χ4n) is 3.43. The summed E-state index contributed by atoms with van der Waals surface area (Å²) >= 11 is 0. The SMILES string of the molecule is CCC1(Cc2ccccc2)Nc2cccc3cccc(c23)N1. The standard InChI is InChI=1S/C20H20N2/c1-2-20(14-15-8-4-3-5-9-15)21-17-12-6-10-16-11-7-13-18(22-20)19(16)17/h3-13,21-22H,2,14H2,1H3. The van der Waals surface area contributed by atoms with E-state index in [1.54, 1.807) is 0 Å². The molecule has 0 bridgehead atoms. The summed E-state index contributed by atoms with van der Waals surface area (Å²) in [5, 5.41) is 10.1. The third-order valence-corrected chi connectivity index (χ3v) is 4.60. The quantitative estimate of drug-likeness (QED) is 0.706. The summed E-state index contributed by atoms with van der Waals surface area (Å²) in [6, 6.07) is 23.6. The number of nitrogens with one attached hydrogen (secondary N) is 2. The van der Waals surface area contributed by atoms with Crippen molar-refractivity contribution < 1.29 is 0 Å². The molecule has 0 radical (unpaired) electrons. The highest BCUT2D eigenvalue weighted by Gasteiger charge is 2.32. The number of benzene rings is 3. The largest absolute Gasteiger partial charge is 0.362 e. The van der Waals surface area contributed by atoms with E-state index in [0.717, 1.165) is 12.8 Å². The van der Waals surface area contributed by atoms with Crippen molar-refractivity contribution in [3.8, 4) is 0 Å². The molecule has 110 valence electrons. The Morgan fingerprint density at radius 3 is 2.00 bits per heavy atom. The van der Waals surface area contributed by atoms with Crippen molar-refractivity contribution in [2.24, 2.45) is 0 Å². The van der Waals surface area contributed by atoms with E-state index in [4.69, 9.17) is 0 Å². The van der Waals surface area contributed by atoms with Gasteiger partial charge in [0.1, 0.15) is 5.66 Å².